The minimum Gasteiger partial charge on any atom is -0.465 e. The lowest BCUT2D eigenvalue weighted by Crippen LogP contribution is -2.28. The number of aromatic nitrogens is 1. The van der Waals surface area contributed by atoms with Gasteiger partial charge in [0.2, 0.25) is 0 Å². The summed E-state index contributed by atoms with van der Waals surface area (Å²) in [4.78, 5) is 38.8. The molecule has 1 heterocycles. The summed E-state index contributed by atoms with van der Waals surface area (Å²) in [6, 6.07) is 29.8. The predicted octanol–water partition coefficient (Wildman–Crippen LogP) is 7.07. The number of esters is 2. The number of thiol groups is 1. The Morgan fingerprint density at radius 3 is 2.02 bits per heavy atom. The number of pyridine rings is 1. The largest absolute Gasteiger partial charge is 0.465 e. The van der Waals surface area contributed by atoms with Gasteiger partial charge in [-0.25, -0.2) is 9.59 Å². The number of nitrogens with zero attached hydrogens (tertiary/aromatic N) is 1. The zero-order valence-corrected chi connectivity index (χ0v) is 24.8. The Morgan fingerprint density at radius 2 is 1.41 bits per heavy atom. The van der Waals surface area contributed by atoms with Crippen LogP contribution < -0.4 is 5.56 Å². The van der Waals surface area contributed by atoms with Crippen molar-refractivity contribution in [2.45, 2.75) is 11.8 Å². The first-order valence-corrected chi connectivity index (χ1v) is 14.1. The molecule has 0 aliphatic heterocycles. The minimum atomic E-state index is -0.592. The van der Waals surface area contributed by atoms with Gasteiger partial charge in [0.1, 0.15) is 5.69 Å². The molecule has 0 fully saturated rings. The number of carbonyl (C=O) groups excluding carboxylic acids is 2. The molecule has 0 N–H and O–H groups in total. The monoisotopic (exact) mass is 627 g/mol. The molecular weight excluding hydrogens is 602 g/mol. The zero-order chi connectivity index (χ0) is 29.1. The van der Waals surface area contributed by atoms with Crippen molar-refractivity contribution in [2.24, 2.45) is 0 Å². The SMILES string of the molecule is COC(=O)c1ccc(C(S)c2ccc(Cn3c(C(=O)OC)c(-c4ccccc4)c4cc(Br)ccc4c3=O)cc2)cc1. The van der Waals surface area contributed by atoms with Gasteiger partial charge in [0, 0.05) is 15.4 Å². The van der Waals surface area contributed by atoms with Crippen LogP contribution in [0.2, 0.25) is 0 Å². The van der Waals surface area contributed by atoms with Gasteiger partial charge in [0.05, 0.1) is 31.6 Å². The second-order valence-electron chi connectivity index (χ2n) is 9.42. The van der Waals surface area contributed by atoms with Crippen LogP contribution in [0, 0.1) is 0 Å². The van der Waals surface area contributed by atoms with Crippen molar-refractivity contribution in [3.8, 4) is 11.1 Å². The summed E-state index contributed by atoms with van der Waals surface area (Å²) in [5.41, 5.74) is 4.51. The summed E-state index contributed by atoms with van der Waals surface area (Å²) < 4.78 is 12.2. The second-order valence-corrected chi connectivity index (χ2v) is 10.9. The van der Waals surface area contributed by atoms with Crippen LogP contribution in [0.15, 0.2) is 106 Å². The average Bonchev–Trinajstić information content (AvgIpc) is 3.01. The van der Waals surface area contributed by atoms with E-state index in [1.165, 1.54) is 18.8 Å². The van der Waals surface area contributed by atoms with E-state index in [1.54, 1.807) is 18.2 Å². The van der Waals surface area contributed by atoms with Gasteiger partial charge in [0.25, 0.3) is 5.56 Å². The lowest BCUT2D eigenvalue weighted by molar-refractivity contribution is 0.0584. The first kappa shape index (κ1) is 28.4. The topological polar surface area (TPSA) is 74.6 Å². The number of benzene rings is 4. The first-order chi connectivity index (χ1) is 19.8. The van der Waals surface area contributed by atoms with Gasteiger partial charge in [-0.2, -0.15) is 12.6 Å². The molecule has 0 aliphatic rings. The van der Waals surface area contributed by atoms with Crippen LogP contribution >= 0.6 is 28.6 Å². The van der Waals surface area contributed by atoms with E-state index < -0.39 is 11.9 Å². The maximum atomic E-state index is 13.8. The Morgan fingerprint density at radius 1 is 0.805 bits per heavy atom. The molecule has 1 unspecified atom stereocenters. The zero-order valence-electron chi connectivity index (χ0n) is 22.3. The molecule has 0 radical (unpaired) electrons. The van der Waals surface area contributed by atoms with E-state index in [9.17, 15) is 14.4 Å². The van der Waals surface area contributed by atoms with Crippen molar-refractivity contribution in [2.75, 3.05) is 14.2 Å². The molecule has 1 atom stereocenters. The highest BCUT2D eigenvalue weighted by atomic mass is 79.9. The van der Waals surface area contributed by atoms with Crippen molar-refractivity contribution in [3.63, 3.8) is 0 Å². The number of fused-ring (bicyclic) bond motifs is 1. The van der Waals surface area contributed by atoms with Gasteiger partial charge in [-0.1, -0.05) is 82.7 Å². The van der Waals surface area contributed by atoms with Crippen LogP contribution in [-0.2, 0) is 16.0 Å². The van der Waals surface area contributed by atoms with E-state index in [1.807, 2.05) is 78.9 Å². The molecule has 1 aromatic heterocycles. The van der Waals surface area contributed by atoms with Gasteiger partial charge in [-0.3, -0.25) is 9.36 Å². The molecule has 8 heteroatoms. The number of hydrogen-bond donors (Lipinski definition) is 1. The molecule has 4 aromatic carbocycles. The fraction of sp³-hybridized carbons (Fsp3) is 0.121. The highest BCUT2D eigenvalue weighted by molar-refractivity contribution is 9.10. The van der Waals surface area contributed by atoms with Crippen LogP contribution in [0.25, 0.3) is 21.9 Å². The molecule has 41 heavy (non-hydrogen) atoms. The van der Waals surface area contributed by atoms with Crippen LogP contribution in [0.4, 0.5) is 0 Å². The minimum absolute atomic E-state index is 0.167. The Labute approximate surface area is 251 Å². The summed E-state index contributed by atoms with van der Waals surface area (Å²) in [6.07, 6.45) is 0. The predicted molar refractivity (Wildman–Crippen MR) is 167 cm³/mol. The summed E-state index contributed by atoms with van der Waals surface area (Å²) in [5.74, 6) is -0.986. The molecule has 5 aromatic rings. The normalized spacial score (nSPS) is 11.7. The molecule has 0 amide bonds. The first-order valence-electron chi connectivity index (χ1n) is 12.8. The van der Waals surface area contributed by atoms with Gasteiger partial charge >= 0.3 is 11.9 Å². The van der Waals surface area contributed by atoms with E-state index in [4.69, 9.17) is 22.1 Å². The fourth-order valence-electron chi connectivity index (χ4n) is 4.88. The number of rotatable bonds is 7. The quantitative estimate of drug-likeness (QED) is 0.154. The van der Waals surface area contributed by atoms with Crippen molar-refractivity contribution in [1.82, 2.24) is 4.57 Å². The van der Waals surface area contributed by atoms with E-state index in [0.717, 1.165) is 26.7 Å². The van der Waals surface area contributed by atoms with Crippen molar-refractivity contribution < 1.29 is 19.1 Å². The maximum Gasteiger partial charge on any atom is 0.355 e. The van der Waals surface area contributed by atoms with Crippen LogP contribution in [0.5, 0.6) is 0 Å². The number of methoxy groups -OCH3 is 2. The third-order valence-corrected chi connectivity index (χ3v) is 8.05. The average molecular weight is 629 g/mol. The highest BCUT2D eigenvalue weighted by Gasteiger charge is 2.24. The summed E-state index contributed by atoms with van der Waals surface area (Å²) >= 11 is 8.30. The van der Waals surface area contributed by atoms with Gasteiger partial charge < -0.3 is 9.47 Å². The van der Waals surface area contributed by atoms with Crippen LogP contribution in [-0.4, -0.2) is 30.7 Å². The molecule has 206 valence electrons. The molecule has 0 saturated carbocycles. The Bertz CT molecular complexity index is 1800. The maximum absolute atomic E-state index is 13.8. The van der Waals surface area contributed by atoms with E-state index >= 15 is 0 Å². The highest BCUT2D eigenvalue weighted by Crippen LogP contribution is 2.34. The van der Waals surface area contributed by atoms with Crippen LogP contribution in [0.1, 0.15) is 42.8 Å². The molecule has 5 rings (SSSR count). The standard InChI is InChI=1S/C33H26BrNO5S/c1-39-32(37)24-14-12-23(13-15-24)30(41)22-10-8-20(9-11-22)19-35-29(33(38)40-2)28(21-6-4-3-5-7-21)27-18-25(34)16-17-26(27)31(35)36/h3-18,30,41H,19H2,1-2H3. The third-order valence-electron chi connectivity index (χ3n) is 6.96. The van der Waals surface area contributed by atoms with E-state index in [-0.39, 0.29) is 23.0 Å². The third kappa shape index (κ3) is 5.71. The summed E-state index contributed by atoms with van der Waals surface area (Å²) in [6.45, 7) is 0.167. The molecule has 0 spiro atoms. The van der Waals surface area contributed by atoms with E-state index in [2.05, 4.69) is 15.9 Å². The van der Waals surface area contributed by atoms with Gasteiger partial charge in [0.15, 0.2) is 0 Å². The Kier molecular flexibility index (Phi) is 8.42. The second kappa shape index (κ2) is 12.2. The Hall–Kier alpha value is -4.14. The number of carbonyl (C=O) groups is 2. The number of hydrogen-bond acceptors (Lipinski definition) is 6. The Balaban J connectivity index is 1.56. The molecule has 0 aliphatic carbocycles. The molecular formula is C33H26BrNO5S. The summed E-state index contributed by atoms with van der Waals surface area (Å²) in [5, 5.41) is 0.939. The number of halogens is 1. The smallest absolute Gasteiger partial charge is 0.355 e. The molecule has 0 bridgehead atoms. The lowest BCUT2D eigenvalue weighted by Gasteiger charge is -2.19. The van der Waals surface area contributed by atoms with Crippen molar-refractivity contribution in [1.29, 1.82) is 0 Å². The van der Waals surface area contributed by atoms with Crippen LogP contribution in [0.3, 0.4) is 0 Å². The van der Waals surface area contributed by atoms with Gasteiger partial charge in [-0.05, 0) is 58.0 Å². The summed E-state index contributed by atoms with van der Waals surface area (Å²) in [7, 11) is 2.66. The molecule has 6 nitrogen and oxygen atoms in total. The van der Waals surface area contributed by atoms with Crippen molar-refractivity contribution in [3.05, 3.63) is 140 Å². The van der Waals surface area contributed by atoms with E-state index in [0.29, 0.717) is 21.9 Å². The lowest BCUT2D eigenvalue weighted by atomic mass is 9.96. The molecule has 0 saturated heterocycles. The number of ether oxygens (including phenoxy) is 2. The van der Waals surface area contributed by atoms with Gasteiger partial charge in [-0.15, -0.1) is 0 Å². The fourth-order valence-corrected chi connectivity index (χ4v) is 5.58. The van der Waals surface area contributed by atoms with Crippen molar-refractivity contribution >= 4 is 51.3 Å².